The first-order chi connectivity index (χ1) is 8.01. The van der Waals surface area contributed by atoms with Crippen LogP contribution in [-0.2, 0) is 9.47 Å². The van der Waals surface area contributed by atoms with Gasteiger partial charge in [0.05, 0.1) is 19.8 Å². The van der Waals surface area contributed by atoms with Gasteiger partial charge in [0.15, 0.2) is 6.29 Å². The molecule has 0 aromatic carbocycles. The molecule has 0 aliphatic carbocycles. The Labute approximate surface area is 97.6 Å². The van der Waals surface area contributed by atoms with Gasteiger partial charge >= 0.3 is 0 Å². The van der Waals surface area contributed by atoms with Crippen LogP contribution in [0.25, 0.3) is 0 Å². The van der Waals surface area contributed by atoms with Gasteiger partial charge in [-0.2, -0.15) is 0 Å². The lowest BCUT2D eigenvalue weighted by Gasteiger charge is -2.39. The molecule has 0 bridgehead atoms. The number of rotatable bonds is 5. The maximum atomic E-state index is 9.52. The SMILES string of the molecule is OCC(O)CO[C@H]1OC(CO)[C@@H](O)C(O)C1O. The average Bonchev–Trinajstić information content (AvgIpc) is 2.34. The van der Waals surface area contributed by atoms with Crippen LogP contribution < -0.4 is 0 Å². The molecule has 4 unspecified atom stereocenters. The highest BCUT2D eigenvalue weighted by Crippen LogP contribution is 2.21. The van der Waals surface area contributed by atoms with Crippen LogP contribution in [0.4, 0.5) is 0 Å². The molecule has 0 spiro atoms. The third kappa shape index (κ3) is 3.57. The van der Waals surface area contributed by atoms with E-state index in [1.165, 1.54) is 0 Å². The van der Waals surface area contributed by atoms with E-state index < -0.39 is 50.0 Å². The van der Waals surface area contributed by atoms with E-state index in [0.717, 1.165) is 0 Å². The van der Waals surface area contributed by atoms with Crippen molar-refractivity contribution in [3.63, 3.8) is 0 Å². The van der Waals surface area contributed by atoms with Crippen molar-refractivity contribution in [3.05, 3.63) is 0 Å². The summed E-state index contributed by atoms with van der Waals surface area (Å²) in [5, 5.41) is 54.9. The molecule has 1 fully saturated rings. The third-order valence-electron chi connectivity index (χ3n) is 2.51. The standard InChI is InChI=1S/C9H18O8/c10-1-4(12)3-16-9-8(15)7(14)6(13)5(2-11)17-9/h4-15H,1-3H2/t4?,5?,6-,7?,8?,9+/m1/s1. The van der Waals surface area contributed by atoms with Gasteiger partial charge in [0.2, 0.25) is 0 Å². The van der Waals surface area contributed by atoms with Crippen LogP contribution in [0, 0.1) is 0 Å². The van der Waals surface area contributed by atoms with E-state index >= 15 is 0 Å². The van der Waals surface area contributed by atoms with E-state index in [9.17, 15) is 15.3 Å². The molecule has 6 atom stereocenters. The zero-order valence-corrected chi connectivity index (χ0v) is 9.09. The molecule has 1 rings (SSSR count). The molecule has 1 heterocycles. The van der Waals surface area contributed by atoms with Crippen molar-refractivity contribution >= 4 is 0 Å². The summed E-state index contributed by atoms with van der Waals surface area (Å²) in [5.41, 5.74) is 0. The van der Waals surface area contributed by atoms with E-state index in [1.54, 1.807) is 0 Å². The van der Waals surface area contributed by atoms with Crippen LogP contribution in [-0.4, -0.2) is 87.3 Å². The number of hydrogen-bond acceptors (Lipinski definition) is 8. The first-order valence-electron chi connectivity index (χ1n) is 5.22. The highest BCUT2D eigenvalue weighted by atomic mass is 16.7. The Hall–Kier alpha value is -0.320. The Balaban J connectivity index is 2.53. The summed E-state index contributed by atoms with van der Waals surface area (Å²) < 4.78 is 9.93. The second-order valence-corrected chi connectivity index (χ2v) is 3.87. The number of hydrogen-bond donors (Lipinski definition) is 6. The third-order valence-corrected chi connectivity index (χ3v) is 2.51. The minimum Gasteiger partial charge on any atom is -0.394 e. The highest BCUT2D eigenvalue weighted by molar-refractivity contribution is 4.88. The lowest BCUT2D eigenvalue weighted by molar-refractivity contribution is -0.304. The largest absolute Gasteiger partial charge is 0.394 e. The number of aliphatic hydroxyl groups excluding tert-OH is 6. The first kappa shape index (κ1) is 14.7. The van der Waals surface area contributed by atoms with Crippen molar-refractivity contribution in [1.29, 1.82) is 0 Å². The van der Waals surface area contributed by atoms with Crippen LogP contribution in [0.1, 0.15) is 0 Å². The van der Waals surface area contributed by atoms with Crippen molar-refractivity contribution in [1.82, 2.24) is 0 Å². The van der Waals surface area contributed by atoms with Crippen LogP contribution in [0.3, 0.4) is 0 Å². The molecular weight excluding hydrogens is 236 g/mol. The molecule has 8 nitrogen and oxygen atoms in total. The fourth-order valence-electron chi connectivity index (χ4n) is 1.46. The second kappa shape index (κ2) is 6.57. The van der Waals surface area contributed by atoms with Gasteiger partial charge in [-0.25, -0.2) is 0 Å². The molecule has 1 saturated heterocycles. The second-order valence-electron chi connectivity index (χ2n) is 3.87. The summed E-state index contributed by atoms with van der Waals surface area (Å²) in [6, 6.07) is 0. The molecule has 1 aliphatic heterocycles. The number of ether oxygens (including phenoxy) is 2. The van der Waals surface area contributed by atoms with Crippen LogP contribution in [0.15, 0.2) is 0 Å². The van der Waals surface area contributed by atoms with Gasteiger partial charge < -0.3 is 40.1 Å². The Morgan fingerprint density at radius 3 is 2.24 bits per heavy atom. The van der Waals surface area contributed by atoms with E-state index in [-0.39, 0.29) is 6.61 Å². The van der Waals surface area contributed by atoms with Crippen molar-refractivity contribution in [3.8, 4) is 0 Å². The van der Waals surface area contributed by atoms with Crippen molar-refractivity contribution in [2.75, 3.05) is 19.8 Å². The van der Waals surface area contributed by atoms with E-state index in [0.29, 0.717) is 0 Å². The van der Waals surface area contributed by atoms with E-state index in [1.807, 2.05) is 0 Å². The zero-order valence-electron chi connectivity index (χ0n) is 9.09. The van der Waals surface area contributed by atoms with Gasteiger partial charge in [-0.15, -0.1) is 0 Å². The van der Waals surface area contributed by atoms with Crippen molar-refractivity contribution in [2.45, 2.75) is 36.8 Å². The predicted octanol–water partition coefficient (Wildman–Crippen LogP) is -3.84. The molecule has 17 heavy (non-hydrogen) atoms. The molecular formula is C9H18O8. The quantitative estimate of drug-likeness (QED) is 0.293. The van der Waals surface area contributed by atoms with Crippen molar-refractivity contribution < 1.29 is 40.1 Å². The van der Waals surface area contributed by atoms with E-state index in [2.05, 4.69) is 0 Å². The van der Waals surface area contributed by atoms with E-state index in [4.69, 9.17) is 24.8 Å². The molecule has 8 heteroatoms. The molecule has 102 valence electrons. The maximum absolute atomic E-state index is 9.52. The Morgan fingerprint density at radius 1 is 1.06 bits per heavy atom. The van der Waals surface area contributed by atoms with Crippen molar-refractivity contribution in [2.24, 2.45) is 0 Å². The molecule has 6 N–H and O–H groups in total. The van der Waals surface area contributed by atoms with Gasteiger partial charge in [-0.3, -0.25) is 0 Å². The first-order valence-corrected chi connectivity index (χ1v) is 5.22. The highest BCUT2D eigenvalue weighted by Gasteiger charge is 2.44. The molecule has 0 radical (unpaired) electrons. The summed E-state index contributed by atoms with van der Waals surface area (Å²) in [6.45, 7) is -1.37. The monoisotopic (exact) mass is 254 g/mol. The summed E-state index contributed by atoms with van der Waals surface area (Å²) >= 11 is 0. The minimum atomic E-state index is -1.52. The zero-order chi connectivity index (χ0) is 13.0. The van der Waals surface area contributed by atoms with Gasteiger partial charge in [0, 0.05) is 0 Å². The predicted molar refractivity (Wildman–Crippen MR) is 52.8 cm³/mol. The normalized spacial score (nSPS) is 40.2. The van der Waals surface area contributed by atoms with Crippen LogP contribution >= 0.6 is 0 Å². The smallest absolute Gasteiger partial charge is 0.186 e. The van der Waals surface area contributed by atoms with Gasteiger partial charge in [-0.1, -0.05) is 0 Å². The summed E-state index contributed by atoms with van der Waals surface area (Å²) in [6.07, 6.45) is -7.94. The fourth-order valence-corrected chi connectivity index (χ4v) is 1.46. The average molecular weight is 254 g/mol. The minimum absolute atomic E-state index is 0.306. The maximum Gasteiger partial charge on any atom is 0.186 e. The van der Waals surface area contributed by atoms with Gasteiger partial charge in [0.25, 0.3) is 0 Å². The van der Waals surface area contributed by atoms with Gasteiger partial charge in [-0.05, 0) is 0 Å². The molecule has 0 aromatic heterocycles. The Kier molecular flexibility index (Phi) is 5.70. The molecule has 0 amide bonds. The molecule has 0 saturated carbocycles. The number of aliphatic hydroxyl groups is 6. The lowest BCUT2D eigenvalue weighted by Crippen LogP contribution is -2.59. The van der Waals surface area contributed by atoms with Gasteiger partial charge in [0.1, 0.15) is 30.5 Å². The summed E-state index contributed by atoms with van der Waals surface area (Å²) in [4.78, 5) is 0. The summed E-state index contributed by atoms with van der Waals surface area (Å²) in [7, 11) is 0. The Bertz CT molecular complexity index is 223. The fraction of sp³-hybridized carbons (Fsp3) is 1.00. The summed E-state index contributed by atoms with van der Waals surface area (Å²) in [5.74, 6) is 0. The topological polar surface area (TPSA) is 140 Å². The van der Waals surface area contributed by atoms with Crippen LogP contribution in [0.5, 0.6) is 0 Å². The van der Waals surface area contributed by atoms with Crippen LogP contribution in [0.2, 0.25) is 0 Å². The Morgan fingerprint density at radius 2 is 1.71 bits per heavy atom. The molecule has 1 aliphatic rings. The molecule has 0 aromatic rings. The lowest BCUT2D eigenvalue weighted by atomic mass is 9.99.